The minimum absolute atomic E-state index is 0.0115. The molecule has 4 N–H and O–H groups in total. The fourth-order valence-electron chi connectivity index (χ4n) is 4.96. The van der Waals surface area contributed by atoms with E-state index in [-0.39, 0.29) is 24.6 Å². The van der Waals surface area contributed by atoms with Crippen molar-refractivity contribution in [3.05, 3.63) is 71.2 Å². The molecule has 0 unspecified atom stereocenters. The van der Waals surface area contributed by atoms with Crippen molar-refractivity contribution >= 4 is 5.97 Å². The van der Waals surface area contributed by atoms with Crippen molar-refractivity contribution in [3.63, 3.8) is 0 Å². The number of aromatic nitrogens is 1. The molecule has 196 valence electrons. The maximum Gasteiger partial charge on any atom is 0.327 e. The number of ether oxygens (including phenoxy) is 1. The Morgan fingerprint density at radius 3 is 2.57 bits per heavy atom. The number of carbonyl (C=O) groups excluding carboxylic acids is 1. The molecule has 0 saturated carbocycles. The largest absolute Gasteiger partial charge is 0.493 e. The Labute approximate surface area is 216 Å². The van der Waals surface area contributed by atoms with Crippen LogP contribution in [0.3, 0.4) is 0 Å². The van der Waals surface area contributed by atoms with Crippen molar-refractivity contribution < 1.29 is 29.0 Å². The second-order valence-electron chi connectivity index (χ2n) is 9.71. The van der Waals surface area contributed by atoms with Gasteiger partial charge in [0, 0.05) is 17.7 Å². The van der Waals surface area contributed by atoms with Gasteiger partial charge < -0.3 is 19.8 Å². The molecule has 7 nitrogen and oxygen atoms in total. The molecule has 4 rings (SSSR count). The Hall–Kier alpha value is -3.33. The molecule has 0 amide bonds. The number of halogens is 1. The number of carbonyl (C=O) groups is 1. The van der Waals surface area contributed by atoms with Crippen LogP contribution in [0.2, 0.25) is 0 Å². The van der Waals surface area contributed by atoms with Gasteiger partial charge in [0.15, 0.2) is 0 Å². The molecule has 37 heavy (non-hydrogen) atoms. The fourth-order valence-corrected chi connectivity index (χ4v) is 4.96. The molecule has 2 atom stereocenters. The van der Waals surface area contributed by atoms with Gasteiger partial charge in [0.05, 0.1) is 30.9 Å². The number of rotatable bonds is 9. The number of pyridine rings is 1. The third-order valence-corrected chi connectivity index (χ3v) is 6.67. The number of fused-ring (bicyclic) bond motifs is 3. The second kappa shape index (κ2) is 11.8. The average molecular weight is 509 g/mol. The summed E-state index contributed by atoms with van der Waals surface area (Å²) in [6.07, 6.45) is -0.745. The van der Waals surface area contributed by atoms with Crippen LogP contribution in [0.5, 0.6) is 5.75 Å². The number of aliphatic hydroxyl groups excluding tert-OH is 2. The molecule has 2 aromatic carbocycles. The number of benzene rings is 2. The third-order valence-electron chi connectivity index (χ3n) is 6.67. The van der Waals surface area contributed by atoms with E-state index in [1.54, 1.807) is 12.1 Å². The standard InChI is InChI=1S/C29H33FN2O5/c1-17(2)28-23(12-11-20(33)15-21(34)16-26(35)37-31)27(18-7-9-19(30)10-8-18)24-13-14-36-25-6-4-3-5-22(25)29(24)32-28/h3-10,17,20-21,33-34H,11-16,31H2,1-2H3/t20-,21-/m1/s1. The minimum Gasteiger partial charge on any atom is -0.493 e. The van der Waals surface area contributed by atoms with Crippen molar-refractivity contribution in [1.29, 1.82) is 0 Å². The quantitative estimate of drug-likeness (QED) is 0.366. The molecule has 8 heteroatoms. The number of hydrogen-bond donors (Lipinski definition) is 3. The zero-order valence-electron chi connectivity index (χ0n) is 21.1. The van der Waals surface area contributed by atoms with Gasteiger partial charge in [0.2, 0.25) is 0 Å². The van der Waals surface area contributed by atoms with Crippen LogP contribution in [0.15, 0.2) is 48.5 Å². The number of para-hydroxylation sites is 1. The summed E-state index contributed by atoms with van der Waals surface area (Å²) in [7, 11) is 0. The van der Waals surface area contributed by atoms with Crippen molar-refractivity contribution in [2.45, 2.75) is 64.1 Å². The van der Waals surface area contributed by atoms with E-state index in [4.69, 9.17) is 15.6 Å². The highest BCUT2D eigenvalue weighted by molar-refractivity contribution is 5.82. The lowest BCUT2D eigenvalue weighted by atomic mass is 9.84. The van der Waals surface area contributed by atoms with Crippen LogP contribution in [0.4, 0.5) is 4.39 Å². The Bertz CT molecular complexity index is 1250. The molecule has 0 radical (unpaired) electrons. The first kappa shape index (κ1) is 26.7. The van der Waals surface area contributed by atoms with Gasteiger partial charge in [0.25, 0.3) is 0 Å². The summed E-state index contributed by atoms with van der Waals surface area (Å²) in [5.74, 6) is 4.65. The molecule has 1 aliphatic heterocycles. The molecule has 0 fully saturated rings. The van der Waals surface area contributed by atoms with E-state index in [0.29, 0.717) is 25.9 Å². The van der Waals surface area contributed by atoms with E-state index >= 15 is 0 Å². The van der Waals surface area contributed by atoms with Crippen LogP contribution in [-0.2, 0) is 22.5 Å². The van der Waals surface area contributed by atoms with Gasteiger partial charge in [-0.3, -0.25) is 9.78 Å². The topological polar surface area (TPSA) is 115 Å². The molecule has 0 spiro atoms. The van der Waals surface area contributed by atoms with E-state index in [1.165, 1.54) is 12.1 Å². The first-order chi connectivity index (χ1) is 17.8. The predicted octanol–water partition coefficient (Wildman–Crippen LogP) is 4.46. The molecular weight excluding hydrogens is 475 g/mol. The molecule has 3 aromatic rings. The Morgan fingerprint density at radius 1 is 1.14 bits per heavy atom. The van der Waals surface area contributed by atoms with E-state index in [0.717, 1.165) is 45.0 Å². The normalized spacial score (nSPS) is 14.2. The molecular formula is C29H33FN2O5. The Kier molecular flexibility index (Phi) is 8.53. The molecule has 0 aliphatic carbocycles. The minimum atomic E-state index is -1.06. The van der Waals surface area contributed by atoms with Crippen molar-refractivity contribution in [2.24, 2.45) is 5.90 Å². The van der Waals surface area contributed by atoms with Crippen LogP contribution in [0.1, 0.15) is 55.8 Å². The third kappa shape index (κ3) is 6.15. The second-order valence-corrected chi connectivity index (χ2v) is 9.71. The Balaban J connectivity index is 1.78. The zero-order chi connectivity index (χ0) is 26.5. The summed E-state index contributed by atoms with van der Waals surface area (Å²) in [6, 6.07) is 14.3. The Morgan fingerprint density at radius 2 is 1.86 bits per heavy atom. The maximum atomic E-state index is 13.9. The zero-order valence-corrected chi connectivity index (χ0v) is 21.1. The number of nitrogens with zero attached hydrogens (tertiary/aromatic N) is 1. The van der Waals surface area contributed by atoms with Crippen LogP contribution in [0, 0.1) is 5.82 Å². The first-order valence-electron chi connectivity index (χ1n) is 12.6. The first-order valence-corrected chi connectivity index (χ1v) is 12.6. The van der Waals surface area contributed by atoms with Crippen molar-refractivity contribution in [3.8, 4) is 28.1 Å². The van der Waals surface area contributed by atoms with Crippen LogP contribution in [-0.4, -0.2) is 40.0 Å². The number of aliphatic hydroxyl groups is 2. The molecule has 0 bridgehead atoms. The fraction of sp³-hybridized carbons (Fsp3) is 0.379. The molecule has 0 saturated heterocycles. The van der Waals surface area contributed by atoms with E-state index in [2.05, 4.69) is 18.7 Å². The van der Waals surface area contributed by atoms with Crippen LogP contribution >= 0.6 is 0 Å². The van der Waals surface area contributed by atoms with Crippen molar-refractivity contribution in [1.82, 2.24) is 4.98 Å². The van der Waals surface area contributed by atoms with Gasteiger partial charge in [0.1, 0.15) is 11.6 Å². The van der Waals surface area contributed by atoms with Gasteiger partial charge in [-0.15, -0.1) is 0 Å². The molecule has 1 aliphatic rings. The summed E-state index contributed by atoms with van der Waals surface area (Å²) >= 11 is 0. The van der Waals surface area contributed by atoms with Crippen LogP contribution < -0.4 is 10.6 Å². The highest BCUT2D eigenvalue weighted by atomic mass is 19.1. The summed E-state index contributed by atoms with van der Waals surface area (Å²) in [6.45, 7) is 4.63. The van der Waals surface area contributed by atoms with Gasteiger partial charge in [-0.1, -0.05) is 38.1 Å². The molecule has 1 aromatic heterocycles. The summed E-state index contributed by atoms with van der Waals surface area (Å²) in [5, 5.41) is 20.8. The lowest BCUT2D eigenvalue weighted by molar-refractivity contribution is -0.146. The monoisotopic (exact) mass is 508 g/mol. The van der Waals surface area contributed by atoms with Gasteiger partial charge in [-0.25, -0.2) is 4.39 Å². The smallest absolute Gasteiger partial charge is 0.327 e. The number of nitrogens with two attached hydrogens (primary N) is 1. The SMILES string of the molecule is CC(C)c1nc2c(c(-c3ccc(F)cc3)c1CC[C@@H](O)C[C@@H](O)CC(=O)ON)CCOc1ccccc1-2. The average Bonchev–Trinajstić information content (AvgIpc) is 3.06. The van der Waals surface area contributed by atoms with E-state index in [1.807, 2.05) is 24.3 Å². The lowest BCUT2D eigenvalue weighted by Gasteiger charge is -2.24. The highest BCUT2D eigenvalue weighted by Crippen LogP contribution is 2.42. The van der Waals surface area contributed by atoms with Gasteiger partial charge in [-0.2, -0.15) is 5.90 Å². The van der Waals surface area contributed by atoms with Gasteiger partial charge in [-0.05, 0) is 71.7 Å². The van der Waals surface area contributed by atoms with Crippen molar-refractivity contribution in [2.75, 3.05) is 6.61 Å². The number of hydrogen-bond acceptors (Lipinski definition) is 7. The summed E-state index contributed by atoms with van der Waals surface area (Å²) in [5.41, 5.74) is 6.53. The van der Waals surface area contributed by atoms with E-state index < -0.39 is 18.2 Å². The molecule has 2 heterocycles. The summed E-state index contributed by atoms with van der Waals surface area (Å²) < 4.78 is 19.9. The van der Waals surface area contributed by atoms with E-state index in [9.17, 15) is 19.4 Å². The highest BCUT2D eigenvalue weighted by Gasteiger charge is 2.27. The van der Waals surface area contributed by atoms with Crippen LogP contribution in [0.25, 0.3) is 22.4 Å². The lowest BCUT2D eigenvalue weighted by Crippen LogP contribution is -2.23. The predicted molar refractivity (Wildman–Crippen MR) is 138 cm³/mol. The summed E-state index contributed by atoms with van der Waals surface area (Å²) in [4.78, 5) is 20.6. The van der Waals surface area contributed by atoms with Gasteiger partial charge >= 0.3 is 5.97 Å². The maximum absolute atomic E-state index is 13.9.